The zero-order chi connectivity index (χ0) is 5.54. The van der Waals surface area contributed by atoms with E-state index in [0.717, 1.165) is 5.75 Å². The van der Waals surface area contributed by atoms with Gasteiger partial charge in [-0.3, -0.25) is 0 Å². The van der Waals surface area contributed by atoms with Gasteiger partial charge in [0.25, 0.3) is 0 Å². The van der Waals surface area contributed by atoms with Gasteiger partial charge in [0, 0.05) is 5.75 Å². The van der Waals surface area contributed by atoms with Gasteiger partial charge in [0.15, 0.2) is 0 Å². The minimum Gasteiger partial charge on any atom is -0.300 e. The van der Waals surface area contributed by atoms with Crippen LogP contribution in [0.15, 0.2) is 12.2 Å². The molecule has 0 spiro atoms. The van der Waals surface area contributed by atoms with Crippen molar-refractivity contribution in [3.63, 3.8) is 0 Å². The molecule has 0 saturated carbocycles. The molecule has 0 radical (unpaired) electrons. The summed E-state index contributed by atoms with van der Waals surface area (Å²) in [6, 6.07) is 0. The molecule has 0 atom stereocenters. The molecule has 42 valence electrons. The first-order valence-electron chi connectivity index (χ1n) is 1.99. The van der Waals surface area contributed by atoms with Crippen LogP contribution in [-0.4, -0.2) is 12.4 Å². The Morgan fingerprint density at radius 3 is 2.71 bits per heavy atom. The van der Waals surface area contributed by atoms with Crippen LogP contribution in [0.3, 0.4) is 0 Å². The first-order valence-corrected chi connectivity index (χ1v) is 2.62. The van der Waals surface area contributed by atoms with Crippen molar-refractivity contribution in [1.29, 1.82) is 0 Å². The van der Waals surface area contributed by atoms with Gasteiger partial charge in [-0.15, -0.1) is 0 Å². The summed E-state index contributed by atoms with van der Waals surface area (Å²) < 4.78 is 0. The molecule has 0 aliphatic rings. The third kappa shape index (κ3) is 6.01. The van der Waals surface area contributed by atoms with Gasteiger partial charge in [-0.2, -0.15) is 12.6 Å². The van der Waals surface area contributed by atoms with Crippen LogP contribution in [0.4, 0.5) is 0 Å². The second-order valence-corrected chi connectivity index (χ2v) is 1.35. The second-order valence-electron chi connectivity index (χ2n) is 0.987. The third-order valence-electron chi connectivity index (χ3n) is 0.465. The van der Waals surface area contributed by atoms with Crippen molar-refractivity contribution in [2.75, 3.05) is 12.4 Å². The molecule has 3 heteroatoms. The van der Waals surface area contributed by atoms with Gasteiger partial charge in [0.05, 0.1) is 6.61 Å². The Morgan fingerprint density at radius 1 is 1.57 bits per heavy atom. The van der Waals surface area contributed by atoms with Gasteiger partial charge in [-0.1, -0.05) is 12.2 Å². The van der Waals surface area contributed by atoms with E-state index in [4.69, 9.17) is 5.90 Å². The molecule has 0 aromatic rings. The number of rotatable bonds is 3. The second kappa shape index (κ2) is 6.01. The summed E-state index contributed by atoms with van der Waals surface area (Å²) in [6.07, 6.45) is 3.68. The van der Waals surface area contributed by atoms with Gasteiger partial charge >= 0.3 is 0 Å². The lowest BCUT2D eigenvalue weighted by molar-refractivity contribution is 0.168. The Kier molecular flexibility index (Phi) is 6.02. The highest BCUT2D eigenvalue weighted by molar-refractivity contribution is 7.80. The van der Waals surface area contributed by atoms with Gasteiger partial charge in [-0.05, 0) is 0 Å². The molecule has 2 nitrogen and oxygen atoms in total. The molecule has 0 unspecified atom stereocenters. The Hall–Kier alpha value is 0.01000. The van der Waals surface area contributed by atoms with E-state index in [0.29, 0.717) is 6.61 Å². The molecule has 2 N–H and O–H groups in total. The lowest BCUT2D eigenvalue weighted by Crippen LogP contribution is -1.96. The SMILES string of the molecule is NOC/C=C/CS. The lowest BCUT2D eigenvalue weighted by Gasteiger charge is -1.83. The highest BCUT2D eigenvalue weighted by atomic mass is 32.1. The average Bonchev–Trinajstić information content (AvgIpc) is 1.69. The molecule has 0 saturated heterocycles. The van der Waals surface area contributed by atoms with Crippen LogP contribution in [0.25, 0.3) is 0 Å². The van der Waals surface area contributed by atoms with Crippen LogP contribution < -0.4 is 5.90 Å². The van der Waals surface area contributed by atoms with Crippen molar-refractivity contribution >= 4 is 12.6 Å². The van der Waals surface area contributed by atoms with E-state index in [2.05, 4.69) is 17.5 Å². The van der Waals surface area contributed by atoms with E-state index in [1.165, 1.54) is 0 Å². The molecule has 0 aromatic heterocycles. The fourth-order valence-corrected chi connectivity index (χ4v) is 0.347. The topological polar surface area (TPSA) is 35.2 Å². The largest absolute Gasteiger partial charge is 0.300 e. The molecule has 0 rings (SSSR count). The number of hydrogen-bond acceptors (Lipinski definition) is 3. The van der Waals surface area contributed by atoms with Crippen molar-refractivity contribution in [3.8, 4) is 0 Å². The van der Waals surface area contributed by atoms with E-state index in [-0.39, 0.29) is 0 Å². The maximum absolute atomic E-state index is 4.69. The Morgan fingerprint density at radius 2 is 2.29 bits per heavy atom. The van der Waals surface area contributed by atoms with Crippen LogP contribution >= 0.6 is 12.6 Å². The van der Waals surface area contributed by atoms with Crippen LogP contribution in [0.1, 0.15) is 0 Å². The van der Waals surface area contributed by atoms with E-state index in [1.807, 2.05) is 12.2 Å². The van der Waals surface area contributed by atoms with Crippen molar-refractivity contribution in [2.24, 2.45) is 5.90 Å². The highest BCUT2D eigenvalue weighted by Gasteiger charge is 1.67. The van der Waals surface area contributed by atoms with Crippen LogP contribution in [0, 0.1) is 0 Å². The molecular weight excluding hydrogens is 110 g/mol. The molecule has 0 fully saturated rings. The van der Waals surface area contributed by atoms with Crippen molar-refractivity contribution in [3.05, 3.63) is 12.2 Å². The molecule has 0 aromatic carbocycles. The molecule has 0 aliphatic heterocycles. The van der Waals surface area contributed by atoms with Gasteiger partial charge < -0.3 is 4.84 Å². The van der Waals surface area contributed by atoms with Crippen LogP contribution in [-0.2, 0) is 4.84 Å². The maximum Gasteiger partial charge on any atom is 0.0861 e. The summed E-state index contributed by atoms with van der Waals surface area (Å²) in [6.45, 7) is 0.473. The van der Waals surface area contributed by atoms with Gasteiger partial charge in [-0.25, -0.2) is 5.90 Å². The Bertz CT molecular complexity index is 55.7. The number of hydrogen-bond donors (Lipinski definition) is 2. The minimum absolute atomic E-state index is 0.473. The average molecular weight is 119 g/mol. The fraction of sp³-hybridized carbons (Fsp3) is 0.500. The van der Waals surface area contributed by atoms with Crippen molar-refractivity contribution in [2.45, 2.75) is 0 Å². The first kappa shape index (κ1) is 7.01. The molecule has 7 heavy (non-hydrogen) atoms. The lowest BCUT2D eigenvalue weighted by atomic mass is 10.6. The van der Waals surface area contributed by atoms with E-state index in [1.54, 1.807) is 0 Å². The summed E-state index contributed by atoms with van der Waals surface area (Å²) in [7, 11) is 0. The molecule has 0 heterocycles. The fourth-order valence-electron chi connectivity index (χ4n) is 0.198. The monoisotopic (exact) mass is 119 g/mol. The van der Waals surface area contributed by atoms with E-state index >= 15 is 0 Å². The zero-order valence-corrected chi connectivity index (χ0v) is 4.90. The summed E-state index contributed by atoms with van der Waals surface area (Å²) in [5, 5.41) is 0. The third-order valence-corrected chi connectivity index (χ3v) is 0.675. The summed E-state index contributed by atoms with van der Waals surface area (Å²) >= 11 is 3.91. The Balaban J connectivity index is 2.78. The smallest absolute Gasteiger partial charge is 0.0861 e. The first-order chi connectivity index (χ1) is 3.41. The van der Waals surface area contributed by atoms with Crippen LogP contribution in [0.2, 0.25) is 0 Å². The zero-order valence-electron chi connectivity index (χ0n) is 4.00. The van der Waals surface area contributed by atoms with Gasteiger partial charge in [0.1, 0.15) is 0 Å². The summed E-state index contributed by atoms with van der Waals surface area (Å²) in [5.74, 6) is 5.43. The predicted molar refractivity (Wildman–Crippen MR) is 33.1 cm³/mol. The van der Waals surface area contributed by atoms with E-state index in [9.17, 15) is 0 Å². The molecular formula is C4H9NOS. The minimum atomic E-state index is 0.473. The van der Waals surface area contributed by atoms with Crippen molar-refractivity contribution < 1.29 is 4.84 Å². The standard InChI is InChI=1S/C4H9NOS/c5-6-3-1-2-4-7/h1-2,7H,3-5H2/b2-1+. The summed E-state index contributed by atoms with van der Waals surface area (Å²) in [5.41, 5.74) is 0. The molecule has 0 amide bonds. The number of thiol groups is 1. The van der Waals surface area contributed by atoms with E-state index < -0.39 is 0 Å². The quantitative estimate of drug-likeness (QED) is 0.320. The molecule has 0 bridgehead atoms. The summed E-state index contributed by atoms with van der Waals surface area (Å²) in [4.78, 5) is 4.22. The Labute approximate surface area is 48.7 Å². The maximum atomic E-state index is 4.69. The highest BCUT2D eigenvalue weighted by Crippen LogP contribution is 1.75. The predicted octanol–water partition coefficient (Wildman–Crippen LogP) is 0.363. The van der Waals surface area contributed by atoms with Crippen LogP contribution in [0.5, 0.6) is 0 Å². The van der Waals surface area contributed by atoms with Crippen molar-refractivity contribution in [1.82, 2.24) is 0 Å². The normalized spacial score (nSPS) is 10.6. The molecule has 0 aliphatic carbocycles. The number of nitrogens with two attached hydrogens (primary N) is 1. The van der Waals surface area contributed by atoms with Gasteiger partial charge in [0.2, 0.25) is 0 Å².